The second kappa shape index (κ2) is 6.80. The minimum Gasteiger partial charge on any atom is -0.507 e. The third kappa shape index (κ3) is 3.44. The maximum atomic E-state index is 12.1. The molecule has 0 unspecified atom stereocenters. The van der Waals surface area contributed by atoms with Crippen LogP contribution in [0.3, 0.4) is 0 Å². The van der Waals surface area contributed by atoms with Crippen molar-refractivity contribution in [2.24, 2.45) is 4.99 Å². The van der Waals surface area contributed by atoms with Crippen molar-refractivity contribution in [1.82, 2.24) is 5.32 Å². The number of carbonyl (C=O) groups excluding carboxylic acids is 1. The summed E-state index contributed by atoms with van der Waals surface area (Å²) in [6, 6.07) is 12.6. The molecule has 0 aliphatic carbocycles. The summed E-state index contributed by atoms with van der Waals surface area (Å²) in [5.41, 5.74) is 2.19. The molecule has 2 aromatic carbocycles. The van der Waals surface area contributed by atoms with Crippen LogP contribution in [0.15, 0.2) is 52.4 Å². The average molecular weight is 340 g/mol. The van der Waals surface area contributed by atoms with Gasteiger partial charge in [0.2, 0.25) is 0 Å². The normalized spacial score (nSPS) is 17.3. The quantitative estimate of drug-likeness (QED) is 0.838. The fourth-order valence-electron chi connectivity index (χ4n) is 2.23. The number of ether oxygens (including phenoxy) is 1. The Morgan fingerprint density at radius 2 is 2.04 bits per heavy atom. The predicted molar refractivity (Wildman–Crippen MR) is 96.6 cm³/mol. The summed E-state index contributed by atoms with van der Waals surface area (Å²) in [4.78, 5) is 17.0. The van der Waals surface area contributed by atoms with E-state index in [1.807, 2.05) is 37.3 Å². The molecule has 0 saturated carbocycles. The Kier molecular flexibility index (Phi) is 4.57. The molecule has 0 bridgehead atoms. The van der Waals surface area contributed by atoms with Crippen LogP contribution in [0.25, 0.3) is 6.08 Å². The minimum absolute atomic E-state index is 0.144. The topological polar surface area (TPSA) is 70.9 Å². The molecular weight excluding hydrogens is 324 g/mol. The van der Waals surface area contributed by atoms with Gasteiger partial charge < -0.3 is 15.2 Å². The molecule has 0 spiro atoms. The van der Waals surface area contributed by atoms with E-state index in [-0.39, 0.29) is 11.7 Å². The molecule has 122 valence electrons. The molecule has 1 amide bonds. The van der Waals surface area contributed by atoms with Gasteiger partial charge in [-0.3, -0.25) is 4.79 Å². The first-order chi connectivity index (χ1) is 11.6. The zero-order valence-corrected chi connectivity index (χ0v) is 14.1. The number of phenolic OH excluding ortho intramolecular Hbond substituents is 1. The Balaban J connectivity index is 1.88. The first-order valence-corrected chi connectivity index (χ1v) is 8.10. The van der Waals surface area contributed by atoms with Gasteiger partial charge in [0.15, 0.2) is 5.17 Å². The molecule has 24 heavy (non-hydrogen) atoms. The number of amides is 1. The zero-order valence-electron chi connectivity index (χ0n) is 13.2. The Morgan fingerprint density at radius 1 is 1.25 bits per heavy atom. The lowest BCUT2D eigenvalue weighted by atomic mass is 10.1. The maximum Gasteiger partial charge on any atom is 0.264 e. The number of methoxy groups -OCH3 is 1. The number of para-hydroxylation sites is 2. The molecule has 2 N–H and O–H groups in total. The molecule has 6 heteroatoms. The summed E-state index contributed by atoms with van der Waals surface area (Å²) >= 11 is 1.22. The van der Waals surface area contributed by atoms with Crippen molar-refractivity contribution in [2.45, 2.75) is 6.92 Å². The van der Waals surface area contributed by atoms with E-state index in [0.29, 0.717) is 27.1 Å². The van der Waals surface area contributed by atoms with E-state index in [9.17, 15) is 9.90 Å². The van der Waals surface area contributed by atoms with Gasteiger partial charge >= 0.3 is 0 Å². The van der Waals surface area contributed by atoms with Gasteiger partial charge in [0.05, 0.1) is 12.0 Å². The number of rotatable bonds is 3. The number of hydrogen-bond acceptors (Lipinski definition) is 5. The molecule has 1 heterocycles. The van der Waals surface area contributed by atoms with Gasteiger partial charge in [-0.25, -0.2) is 4.99 Å². The van der Waals surface area contributed by atoms with Gasteiger partial charge in [0.1, 0.15) is 17.2 Å². The van der Waals surface area contributed by atoms with E-state index in [2.05, 4.69) is 10.3 Å². The highest BCUT2D eigenvalue weighted by Gasteiger charge is 2.24. The molecule has 0 aromatic heterocycles. The summed E-state index contributed by atoms with van der Waals surface area (Å²) < 4.78 is 5.26. The number of aryl methyl sites for hydroxylation is 1. The van der Waals surface area contributed by atoms with E-state index in [1.165, 1.54) is 11.8 Å². The second-order valence-electron chi connectivity index (χ2n) is 5.22. The van der Waals surface area contributed by atoms with Gasteiger partial charge in [-0.1, -0.05) is 24.3 Å². The highest BCUT2D eigenvalue weighted by Crippen LogP contribution is 2.33. The molecule has 3 rings (SSSR count). The van der Waals surface area contributed by atoms with Crippen LogP contribution in [0.5, 0.6) is 11.5 Å². The Bertz CT molecular complexity index is 859. The second-order valence-corrected chi connectivity index (χ2v) is 6.25. The van der Waals surface area contributed by atoms with Crippen LogP contribution < -0.4 is 10.1 Å². The Morgan fingerprint density at radius 3 is 2.79 bits per heavy atom. The molecule has 1 aliphatic heterocycles. The fraction of sp³-hybridized carbons (Fsp3) is 0.111. The lowest BCUT2D eigenvalue weighted by Gasteiger charge is -2.03. The Hall–Kier alpha value is -2.73. The lowest BCUT2D eigenvalue weighted by Crippen LogP contribution is -2.19. The largest absolute Gasteiger partial charge is 0.507 e. The average Bonchev–Trinajstić information content (AvgIpc) is 2.90. The van der Waals surface area contributed by atoms with Gasteiger partial charge in [-0.05, 0) is 48.5 Å². The van der Waals surface area contributed by atoms with Crippen molar-refractivity contribution < 1.29 is 14.6 Å². The number of nitrogens with one attached hydrogen (secondary N) is 1. The number of nitrogens with zero attached hydrogens (tertiary/aromatic N) is 1. The number of benzene rings is 2. The monoisotopic (exact) mass is 340 g/mol. The van der Waals surface area contributed by atoms with Crippen LogP contribution in [0.4, 0.5) is 5.69 Å². The predicted octanol–water partition coefficient (Wildman–Crippen LogP) is 3.60. The highest BCUT2D eigenvalue weighted by atomic mass is 32.2. The summed E-state index contributed by atoms with van der Waals surface area (Å²) in [5, 5.41) is 13.2. The smallest absolute Gasteiger partial charge is 0.264 e. The van der Waals surface area contributed by atoms with Crippen LogP contribution >= 0.6 is 11.8 Å². The third-order valence-corrected chi connectivity index (χ3v) is 4.34. The standard InChI is InChI=1S/C18H16N2O3S/c1-11-7-8-12(14(21)9-11)10-16-17(22)20-18(24-16)19-13-5-3-4-6-15(13)23-2/h3-10,21H,1-2H3,(H,19,20,22)/b16-10+. The van der Waals surface area contributed by atoms with Crippen LogP contribution in [0, 0.1) is 6.92 Å². The van der Waals surface area contributed by atoms with Gasteiger partial charge in [0.25, 0.3) is 5.91 Å². The molecule has 1 fully saturated rings. The van der Waals surface area contributed by atoms with Crippen molar-refractivity contribution >= 4 is 34.6 Å². The van der Waals surface area contributed by atoms with Crippen LogP contribution in [-0.4, -0.2) is 23.3 Å². The summed E-state index contributed by atoms with van der Waals surface area (Å²) in [6.45, 7) is 1.89. The zero-order chi connectivity index (χ0) is 17.1. The summed E-state index contributed by atoms with van der Waals surface area (Å²) in [7, 11) is 1.57. The van der Waals surface area contributed by atoms with Gasteiger partial charge in [-0.2, -0.15) is 0 Å². The van der Waals surface area contributed by atoms with E-state index >= 15 is 0 Å². The van der Waals surface area contributed by atoms with Gasteiger partial charge in [0, 0.05) is 5.56 Å². The molecule has 5 nitrogen and oxygen atoms in total. The molecule has 1 aliphatic rings. The number of hydrogen-bond donors (Lipinski definition) is 2. The Labute approximate surface area is 144 Å². The SMILES string of the molecule is COc1ccccc1N=C1NC(=O)/C(=C\c2ccc(C)cc2O)S1. The molecule has 1 saturated heterocycles. The number of aromatic hydroxyl groups is 1. The number of thioether (sulfide) groups is 1. The molecule has 0 atom stereocenters. The molecular formula is C18H16N2O3S. The van der Waals surface area contributed by atoms with E-state index in [4.69, 9.17) is 4.74 Å². The van der Waals surface area contributed by atoms with Crippen molar-refractivity contribution in [1.29, 1.82) is 0 Å². The van der Waals surface area contributed by atoms with E-state index < -0.39 is 0 Å². The van der Waals surface area contributed by atoms with E-state index in [1.54, 1.807) is 25.3 Å². The molecule has 0 radical (unpaired) electrons. The van der Waals surface area contributed by atoms with Crippen molar-refractivity contribution in [3.63, 3.8) is 0 Å². The van der Waals surface area contributed by atoms with Crippen molar-refractivity contribution in [2.75, 3.05) is 7.11 Å². The van der Waals surface area contributed by atoms with Crippen molar-refractivity contribution in [3.8, 4) is 11.5 Å². The number of amidine groups is 1. The first-order valence-electron chi connectivity index (χ1n) is 7.29. The summed E-state index contributed by atoms with van der Waals surface area (Å²) in [6.07, 6.45) is 1.65. The maximum absolute atomic E-state index is 12.1. The number of phenols is 1. The number of carbonyl (C=O) groups is 1. The van der Waals surface area contributed by atoms with Gasteiger partial charge in [-0.15, -0.1) is 0 Å². The van der Waals surface area contributed by atoms with Crippen LogP contribution in [0.1, 0.15) is 11.1 Å². The fourth-order valence-corrected chi connectivity index (χ4v) is 3.05. The lowest BCUT2D eigenvalue weighted by molar-refractivity contribution is -0.115. The number of aliphatic imine (C=N–C) groups is 1. The summed E-state index contributed by atoms with van der Waals surface area (Å²) in [5.74, 6) is 0.535. The molecule has 2 aromatic rings. The third-order valence-electron chi connectivity index (χ3n) is 3.43. The van der Waals surface area contributed by atoms with Crippen LogP contribution in [-0.2, 0) is 4.79 Å². The van der Waals surface area contributed by atoms with Crippen molar-refractivity contribution in [3.05, 3.63) is 58.5 Å². The highest BCUT2D eigenvalue weighted by molar-refractivity contribution is 8.18. The van der Waals surface area contributed by atoms with E-state index in [0.717, 1.165) is 5.56 Å². The van der Waals surface area contributed by atoms with Crippen LogP contribution in [0.2, 0.25) is 0 Å². The minimum atomic E-state index is -0.242. The first kappa shape index (κ1) is 16.1.